The third-order valence-electron chi connectivity index (χ3n) is 2.31. The predicted octanol–water partition coefficient (Wildman–Crippen LogP) is 1.40. The number of likely N-dealkylation sites (N-methyl/N-ethyl adjacent to an activating group) is 1. The van der Waals surface area contributed by atoms with Gasteiger partial charge in [-0.15, -0.1) is 0 Å². The normalized spacial score (nSPS) is 10.0. The number of nitrogens with one attached hydrogen (secondary N) is 1. The molecule has 104 valence electrons. The highest BCUT2D eigenvalue weighted by Crippen LogP contribution is 2.07. The predicted molar refractivity (Wildman–Crippen MR) is 70.9 cm³/mol. The van der Waals surface area contributed by atoms with Crippen LogP contribution in [0.1, 0.15) is 13.8 Å². The molecule has 19 heavy (non-hydrogen) atoms. The third kappa shape index (κ3) is 4.82. The van der Waals surface area contributed by atoms with Crippen molar-refractivity contribution in [2.24, 2.45) is 0 Å². The van der Waals surface area contributed by atoms with Gasteiger partial charge < -0.3 is 15.3 Å². The number of carbonyl (C=O) groups is 2. The first-order valence-electron chi connectivity index (χ1n) is 5.87. The van der Waals surface area contributed by atoms with Crippen LogP contribution in [0.25, 0.3) is 0 Å². The molecule has 0 saturated carbocycles. The Labute approximate surface area is 111 Å². The van der Waals surface area contributed by atoms with Crippen LogP contribution >= 0.6 is 0 Å². The minimum atomic E-state index is -0.988. The van der Waals surface area contributed by atoms with E-state index in [4.69, 9.17) is 5.11 Å². The van der Waals surface area contributed by atoms with E-state index in [0.29, 0.717) is 18.8 Å². The van der Waals surface area contributed by atoms with Gasteiger partial charge in [-0.3, -0.25) is 9.48 Å². The van der Waals surface area contributed by atoms with Crippen molar-refractivity contribution in [1.29, 1.82) is 0 Å². The molecule has 0 aromatic carbocycles. The number of carboxylic acid groups (broad SMARTS) is 1. The minimum absolute atomic E-state index is 0.237. The largest absolute Gasteiger partial charge is 0.480 e. The maximum atomic E-state index is 11.9. The molecule has 1 rings (SSSR count). The first-order chi connectivity index (χ1) is 8.92. The first-order valence-corrected chi connectivity index (χ1v) is 5.87. The van der Waals surface area contributed by atoms with E-state index < -0.39 is 5.97 Å². The van der Waals surface area contributed by atoms with E-state index in [1.807, 2.05) is 13.8 Å². The van der Waals surface area contributed by atoms with Crippen molar-refractivity contribution in [3.05, 3.63) is 24.5 Å². The van der Waals surface area contributed by atoms with Gasteiger partial charge >= 0.3 is 12.0 Å². The average molecular weight is 266 g/mol. The number of nitrogens with zero attached hydrogens (tertiary/aromatic N) is 3. The van der Waals surface area contributed by atoms with Gasteiger partial charge in [0, 0.05) is 19.3 Å². The van der Waals surface area contributed by atoms with Crippen LogP contribution in [0.5, 0.6) is 0 Å². The van der Waals surface area contributed by atoms with Crippen molar-refractivity contribution in [3.8, 4) is 0 Å². The van der Waals surface area contributed by atoms with Crippen LogP contribution in [0.2, 0.25) is 0 Å². The number of amides is 2. The Kier molecular flexibility index (Phi) is 5.11. The summed E-state index contributed by atoms with van der Waals surface area (Å²) >= 11 is 0. The number of rotatable bonds is 6. The van der Waals surface area contributed by atoms with Gasteiger partial charge in [0.25, 0.3) is 0 Å². The van der Waals surface area contributed by atoms with Gasteiger partial charge in [0.1, 0.15) is 6.54 Å². The smallest absolute Gasteiger partial charge is 0.325 e. The van der Waals surface area contributed by atoms with Gasteiger partial charge in [0.05, 0.1) is 11.9 Å². The molecule has 0 aliphatic carbocycles. The molecule has 7 heteroatoms. The topological polar surface area (TPSA) is 87.5 Å². The molecule has 0 spiro atoms. The highest BCUT2D eigenvalue weighted by Gasteiger charge is 2.12. The number of carboxylic acids is 1. The standard InChI is InChI=1S/C12H18N4O3/c1-4-15(6-9(2)3)12(19)14-10-5-13-16(7-10)8-11(17)18/h5,7H,2,4,6,8H2,1,3H3,(H,14,19)(H,17,18). The quantitative estimate of drug-likeness (QED) is 0.762. The first kappa shape index (κ1) is 14.7. The molecule has 2 amide bonds. The lowest BCUT2D eigenvalue weighted by Gasteiger charge is -2.20. The third-order valence-corrected chi connectivity index (χ3v) is 2.31. The van der Waals surface area contributed by atoms with E-state index >= 15 is 0 Å². The van der Waals surface area contributed by atoms with E-state index in [2.05, 4.69) is 17.0 Å². The Bertz CT molecular complexity index is 481. The SMILES string of the molecule is C=C(C)CN(CC)C(=O)Nc1cnn(CC(=O)O)c1. The van der Waals surface area contributed by atoms with Gasteiger partial charge in [-0.2, -0.15) is 5.10 Å². The molecule has 0 aliphatic rings. The second kappa shape index (κ2) is 6.58. The van der Waals surface area contributed by atoms with Crippen molar-refractivity contribution in [2.75, 3.05) is 18.4 Å². The number of urea groups is 1. The minimum Gasteiger partial charge on any atom is -0.480 e. The molecule has 0 radical (unpaired) electrons. The molecule has 0 unspecified atom stereocenters. The molecular weight excluding hydrogens is 248 g/mol. The molecule has 0 bridgehead atoms. The van der Waals surface area contributed by atoms with Gasteiger partial charge in [0.2, 0.25) is 0 Å². The van der Waals surface area contributed by atoms with Crippen molar-refractivity contribution in [1.82, 2.24) is 14.7 Å². The van der Waals surface area contributed by atoms with E-state index in [9.17, 15) is 9.59 Å². The molecular formula is C12H18N4O3. The number of anilines is 1. The molecule has 1 heterocycles. The summed E-state index contributed by atoms with van der Waals surface area (Å²) in [5.74, 6) is -0.988. The van der Waals surface area contributed by atoms with Gasteiger partial charge in [-0.25, -0.2) is 4.79 Å². The molecule has 7 nitrogen and oxygen atoms in total. The van der Waals surface area contributed by atoms with Crippen molar-refractivity contribution >= 4 is 17.7 Å². The molecule has 0 aliphatic heterocycles. The molecule has 2 N–H and O–H groups in total. The van der Waals surface area contributed by atoms with E-state index in [-0.39, 0.29) is 12.6 Å². The van der Waals surface area contributed by atoms with Crippen LogP contribution in [-0.2, 0) is 11.3 Å². The zero-order valence-electron chi connectivity index (χ0n) is 11.1. The number of aromatic nitrogens is 2. The van der Waals surface area contributed by atoms with Crippen molar-refractivity contribution in [3.63, 3.8) is 0 Å². The zero-order valence-corrected chi connectivity index (χ0v) is 11.1. The van der Waals surface area contributed by atoms with Crippen LogP contribution in [0.15, 0.2) is 24.5 Å². The Hall–Kier alpha value is -2.31. The Morgan fingerprint density at radius 1 is 1.58 bits per heavy atom. The number of hydrogen-bond donors (Lipinski definition) is 2. The van der Waals surface area contributed by atoms with Crippen molar-refractivity contribution < 1.29 is 14.7 Å². The summed E-state index contributed by atoms with van der Waals surface area (Å²) in [7, 11) is 0. The number of hydrogen-bond acceptors (Lipinski definition) is 3. The number of carbonyl (C=O) groups excluding carboxylic acids is 1. The average Bonchev–Trinajstić information content (AvgIpc) is 2.71. The van der Waals surface area contributed by atoms with Crippen LogP contribution in [0.3, 0.4) is 0 Å². The lowest BCUT2D eigenvalue weighted by molar-refractivity contribution is -0.137. The van der Waals surface area contributed by atoms with Gasteiger partial charge in [-0.1, -0.05) is 12.2 Å². The molecule has 0 saturated heterocycles. The summed E-state index contributed by atoms with van der Waals surface area (Å²) in [5, 5.41) is 15.1. The fourth-order valence-electron chi connectivity index (χ4n) is 1.51. The Balaban J connectivity index is 2.62. The maximum absolute atomic E-state index is 11.9. The van der Waals surface area contributed by atoms with E-state index in [1.165, 1.54) is 17.1 Å². The summed E-state index contributed by atoms with van der Waals surface area (Å²) in [4.78, 5) is 24.0. The molecule has 0 atom stereocenters. The number of aliphatic carboxylic acids is 1. The molecule has 0 fully saturated rings. The summed E-state index contributed by atoms with van der Waals surface area (Å²) in [6, 6.07) is -0.264. The van der Waals surface area contributed by atoms with Gasteiger partial charge in [0.15, 0.2) is 0 Å². The maximum Gasteiger partial charge on any atom is 0.325 e. The fraction of sp³-hybridized carbons (Fsp3) is 0.417. The lowest BCUT2D eigenvalue weighted by atomic mass is 10.3. The lowest BCUT2D eigenvalue weighted by Crippen LogP contribution is -2.35. The van der Waals surface area contributed by atoms with E-state index in [1.54, 1.807) is 4.90 Å². The van der Waals surface area contributed by atoms with Crippen LogP contribution in [0.4, 0.5) is 10.5 Å². The molecule has 1 aromatic heterocycles. The second-order valence-corrected chi connectivity index (χ2v) is 4.22. The monoisotopic (exact) mass is 266 g/mol. The molecule has 1 aromatic rings. The van der Waals surface area contributed by atoms with Crippen LogP contribution in [0, 0.1) is 0 Å². The fourth-order valence-corrected chi connectivity index (χ4v) is 1.51. The summed E-state index contributed by atoms with van der Waals surface area (Å²) in [6.45, 7) is 8.28. The van der Waals surface area contributed by atoms with Crippen molar-refractivity contribution in [2.45, 2.75) is 20.4 Å². The summed E-state index contributed by atoms with van der Waals surface area (Å²) in [5.41, 5.74) is 1.35. The van der Waals surface area contributed by atoms with Crippen LogP contribution < -0.4 is 5.32 Å². The summed E-state index contributed by atoms with van der Waals surface area (Å²) in [6.07, 6.45) is 2.88. The van der Waals surface area contributed by atoms with E-state index in [0.717, 1.165) is 5.57 Å². The highest BCUT2D eigenvalue weighted by atomic mass is 16.4. The Morgan fingerprint density at radius 3 is 2.79 bits per heavy atom. The van der Waals surface area contributed by atoms with Gasteiger partial charge in [-0.05, 0) is 13.8 Å². The highest BCUT2D eigenvalue weighted by molar-refractivity contribution is 5.89. The summed E-state index contributed by atoms with van der Waals surface area (Å²) < 4.78 is 1.24. The second-order valence-electron chi connectivity index (χ2n) is 4.22. The zero-order chi connectivity index (χ0) is 14.4. The Morgan fingerprint density at radius 2 is 2.26 bits per heavy atom. The van der Waals surface area contributed by atoms with Crippen LogP contribution in [-0.4, -0.2) is 44.9 Å².